The van der Waals surface area contributed by atoms with Crippen LogP contribution in [0.3, 0.4) is 0 Å². The molecule has 0 spiro atoms. The quantitative estimate of drug-likeness (QED) is 0.640. The summed E-state index contributed by atoms with van der Waals surface area (Å²) in [7, 11) is 0. The number of halogens is 3. The lowest BCUT2D eigenvalue weighted by Gasteiger charge is -2.16. The molecule has 20 heavy (non-hydrogen) atoms. The number of nitrogens with one attached hydrogen (secondary N) is 1. The average molecular weight is 380 g/mol. The number of hydrogen-bond acceptors (Lipinski definition) is 3. The molecular weight excluding hydrogens is 367 g/mol. The minimum Gasteiger partial charge on any atom is -0.372 e. The number of carbonyl (C=O) groups excluding carboxylic acids is 2. The summed E-state index contributed by atoms with van der Waals surface area (Å²) in [6.07, 6.45) is 0.887. The van der Waals surface area contributed by atoms with Gasteiger partial charge in [0.2, 0.25) is 5.91 Å². The van der Waals surface area contributed by atoms with Crippen molar-refractivity contribution in [3.63, 3.8) is 0 Å². The van der Waals surface area contributed by atoms with Crippen molar-refractivity contribution in [3.05, 3.63) is 26.7 Å². The first kappa shape index (κ1) is 15.6. The van der Waals surface area contributed by atoms with Gasteiger partial charge in [-0.1, -0.05) is 30.1 Å². The van der Waals surface area contributed by atoms with E-state index in [4.69, 9.17) is 23.2 Å². The van der Waals surface area contributed by atoms with E-state index in [1.165, 1.54) is 4.90 Å². The van der Waals surface area contributed by atoms with Crippen molar-refractivity contribution in [2.75, 3.05) is 11.9 Å². The van der Waals surface area contributed by atoms with Crippen molar-refractivity contribution in [1.29, 1.82) is 0 Å². The molecule has 0 aliphatic carbocycles. The number of nitrogens with zero attached hydrogens (tertiary/aromatic N) is 1. The fraction of sp³-hybridized carbons (Fsp3) is 0.385. The van der Waals surface area contributed by atoms with Crippen LogP contribution in [-0.4, -0.2) is 29.3 Å². The molecule has 1 aromatic carbocycles. The van der Waals surface area contributed by atoms with E-state index in [-0.39, 0.29) is 18.2 Å². The number of hydrogen-bond donors (Lipinski definition) is 1. The van der Waals surface area contributed by atoms with Crippen LogP contribution in [-0.2, 0) is 9.59 Å². The lowest BCUT2D eigenvalue weighted by atomic mass is 10.2. The molecule has 0 aromatic heterocycles. The number of benzene rings is 1. The van der Waals surface area contributed by atoms with Gasteiger partial charge in [-0.3, -0.25) is 14.5 Å². The Kier molecular flexibility index (Phi) is 4.94. The van der Waals surface area contributed by atoms with Crippen LogP contribution in [0.1, 0.15) is 19.8 Å². The highest BCUT2D eigenvalue weighted by Crippen LogP contribution is 2.36. The molecule has 1 aliphatic heterocycles. The van der Waals surface area contributed by atoms with E-state index in [1.807, 2.05) is 6.92 Å². The number of imide groups is 1. The molecule has 1 heterocycles. The second kappa shape index (κ2) is 6.33. The molecule has 2 rings (SSSR count). The summed E-state index contributed by atoms with van der Waals surface area (Å²) in [5.41, 5.74) is 0.546. The molecule has 0 bridgehead atoms. The molecule has 0 saturated carbocycles. The van der Waals surface area contributed by atoms with Gasteiger partial charge >= 0.3 is 0 Å². The van der Waals surface area contributed by atoms with Crippen molar-refractivity contribution in [1.82, 2.24) is 4.90 Å². The zero-order valence-electron chi connectivity index (χ0n) is 10.8. The largest absolute Gasteiger partial charge is 0.372 e. The van der Waals surface area contributed by atoms with Gasteiger partial charge in [0, 0.05) is 11.0 Å². The SMILES string of the molecule is CCCN1C(=O)CC(Nc2ccc(Br)c(Cl)c2Cl)C1=O. The molecule has 1 N–H and O–H groups in total. The molecule has 4 nitrogen and oxygen atoms in total. The van der Waals surface area contributed by atoms with Crippen molar-refractivity contribution < 1.29 is 9.59 Å². The first-order valence-corrected chi connectivity index (χ1v) is 7.74. The molecular formula is C13H13BrCl2N2O2. The van der Waals surface area contributed by atoms with Crippen LogP contribution in [0.25, 0.3) is 0 Å². The summed E-state index contributed by atoms with van der Waals surface area (Å²) in [6, 6.07) is 2.88. The van der Waals surface area contributed by atoms with Gasteiger partial charge in [0.05, 0.1) is 22.2 Å². The number of amides is 2. The Morgan fingerprint density at radius 3 is 2.70 bits per heavy atom. The normalized spacial score (nSPS) is 18.8. The molecule has 108 valence electrons. The Morgan fingerprint density at radius 2 is 2.05 bits per heavy atom. The zero-order chi connectivity index (χ0) is 14.9. The molecule has 1 fully saturated rings. The highest BCUT2D eigenvalue weighted by molar-refractivity contribution is 9.10. The van der Waals surface area contributed by atoms with E-state index in [2.05, 4.69) is 21.2 Å². The third-order valence-corrected chi connectivity index (χ3v) is 4.83. The average Bonchev–Trinajstić information content (AvgIpc) is 2.67. The monoisotopic (exact) mass is 378 g/mol. The van der Waals surface area contributed by atoms with E-state index in [0.29, 0.717) is 26.8 Å². The minimum absolute atomic E-state index is 0.142. The topological polar surface area (TPSA) is 49.4 Å². The van der Waals surface area contributed by atoms with Crippen molar-refractivity contribution in [2.45, 2.75) is 25.8 Å². The van der Waals surface area contributed by atoms with E-state index in [0.717, 1.165) is 6.42 Å². The highest BCUT2D eigenvalue weighted by Gasteiger charge is 2.38. The summed E-state index contributed by atoms with van der Waals surface area (Å²) in [6.45, 7) is 2.37. The van der Waals surface area contributed by atoms with Gasteiger partial charge in [-0.2, -0.15) is 0 Å². The third-order valence-electron chi connectivity index (χ3n) is 3.06. The highest BCUT2D eigenvalue weighted by atomic mass is 79.9. The molecule has 1 unspecified atom stereocenters. The van der Waals surface area contributed by atoms with Crippen molar-refractivity contribution in [2.24, 2.45) is 0 Å². The van der Waals surface area contributed by atoms with Gasteiger partial charge in [0.15, 0.2) is 0 Å². The van der Waals surface area contributed by atoms with Gasteiger partial charge in [-0.25, -0.2) is 0 Å². The Hall–Kier alpha value is -0.780. The lowest BCUT2D eigenvalue weighted by Crippen LogP contribution is -2.35. The smallest absolute Gasteiger partial charge is 0.252 e. The molecule has 1 aromatic rings. The van der Waals surface area contributed by atoms with Crippen LogP contribution in [0.4, 0.5) is 5.69 Å². The van der Waals surface area contributed by atoms with Crippen LogP contribution in [0.2, 0.25) is 10.0 Å². The van der Waals surface area contributed by atoms with Crippen LogP contribution < -0.4 is 5.32 Å². The van der Waals surface area contributed by atoms with Crippen LogP contribution >= 0.6 is 39.1 Å². The summed E-state index contributed by atoms with van der Waals surface area (Å²) in [4.78, 5) is 25.2. The van der Waals surface area contributed by atoms with Gasteiger partial charge in [0.1, 0.15) is 6.04 Å². The predicted molar refractivity (Wildman–Crippen MR) is 83.2 cm³/mol. The second-order valence-electron chi connectivity index (χ2n) is 4.51. The number of likely N-dealkylation sites (tertiary alicyclic amines) is 1. The molecule has 1 atom stereocenters. The minimum atomic E-state index is -0.580. The van der Waals surface area contributed by atoms with Crippen LogP contribution in [0, 0.1) is 0 Å². The fourth-order valence-corrected chi connectivity index (χ4v) is 2.91. The Morgan fingerprint density at radius 1 is 1.35 bits per heavy atom. The number of anilines is 1. The van der Waals surface area contributed by atoms with Gasteiger partial charge in [0.25, 0.3) is 5.91 Å². The van der Waals surface area contributed by atoms with Crippen LogP contribution in [0.15, 0.2) is 16.6 Å². The molecule has 2 amide bonds. The Labute approximate surface area is 135 Å². The molecule has 1 aliphatic rings. The van der Waals surface area contributed by atoms with Crippen molar-refractivity contribution in [3.8, 4) is 0 Å². The molecule has 1 saturated heterocycles. The molecule has 0 radical (unpaired) electrons. The van der Waals surface area contributed by atoms with Gasteiger partial charge in [-0.05, 0) is 34.5 Å². The first-order valence-electron chi connectivity index (χ1n) is 6.20. The summed E-state index contributed by atoms with van der Waals surface area (Å²) < 4.78 is 0.677. The van der Waals surface area contributed by atoms with Gasteiger partial charge < -0.3 is 5.32 Å². The van der Waals surface area contributed by atoms with Crippen molar-refractivity contribution >= 4 is 56.6 Å². The van der Waals surface area contributed by atoms with E-state index in [9.17, 15) is 9.59 Å². The predicted octanol–water partition coefficient (Wildman–Crippen LogP) is 3.71. The van der Waals surface area contributed by atoms with E-state index >= 15 is 0 Å². The number of rotatable bonds is 4. The Balaban J connectivity index is 2.18. The zero-order valence-corrected chi connectivity index (χ0v) is 13.8. The maximum Gasteiger partial charge on any atom is 0.252 e. The lowest BCUT2D eigenvalue weighted by molar-refractivity contribution is -0.138. The third kappa shape index (κ3) is 2.95. The summed E-state index contributed by atoms with van der Waals surface area (Å²) in [5.74, 6) is -0.374. The summed E-state index contributed by atoms with van der Waals surface area (Å²) in [5, 5.41) is 3.70. The standard InChI is InChI=1S/C13H13BrCl2N2O2/c1-2-5-18-10(19)6-9(13(18)20)17-8-4-3-7(14)11(15)12(8)16/h3-4,9,17H,2,5-6H2,1H3. The second-order valence-corrected chi connectivity index (χ2v) is 6.12. The Bertz CT molecular complexity index is 566. The van der Waals surface area contributed by atoms with E-state index in [1.54, 1.807) is 12.1 Å². The van der Waals surface area contributed by atoms with Crippen LogP contribution in [0.5, 0.6) is 0 Å². The number of carbonyl (C=O) groups is 2. The fourth-order valence-electron chi connectivity index (χ4n) is 2.08. The summed E-state index contributed by atoms with van der Waals surface area (Å²) >= 11 is 15.4. The molecule has 7 heteroatoms. The maximum atomic E-state index is 12.1. The first-order chi connectivity index (χ1) is 9.45. The van der Waals surface area contributed by atoms with E-state index < -0.39 is 6.04 Å². The van der Waals surface area contributed by atoms with Gasteiger partial charge in [-0.15, -0.1) is 0 Å². The maximum absolute atomic E-state index is 12.1.